The standard InChI is InChI=1S/C15H20ClN5/c16-13-10-12(7-8-14(13)17)15-18-19-20-21(15)9-3-6-11-4-1-2-5-11/h7-8,10-11H,1-6,9,17H2. The predicted molar refractivity (Wildman–Crippen MR) is 83.9 cm³/mol. The zero-order valence-electron chi connectivity index (χ0n) is 12.0. The van der Waals surface area contributed by atoms with Gasteiger partial charge in [-0.3, -0.25) is 0 Å². The highest BCUT2D eigenvalue weighted by molar-refractivity contribution is 6.33. The van der Waals surface area contributed by atoms with Crippen LogP contribution in [-0.4, -0.2) is 20.2 Å². The summed E-state index contributed by atoms with van der Waals surface area (Å²) in [6, 6.07) is 5.51. The molecule has 1 aromatic heterocycles. The summed E-state index contributed by atoms with van der Waals surface area (Å²) in [6.07, 6.45) is 7.94. The molecule has 21 heavy (non-hydrogen) atoms. The molecular weight excluding hydrogens is 286 g/mol. The van der Waals surface area contributed by atoms with Crippen molar-refractivity contribution in [1.82, 2.24) is 20.2 Å². The fourth-order valence-corrected chi connectivity index (χ4v) is 3.24. The van der Waals surface area contributed by atoms with Crippen LogP contribution in [-0.2, 0) is 6.54 Å². The second-order valence-electron chi connectivity index (χ2n) is 5.75. The molecule has 2 aromatic rings. The highest BCUT2D eigenvalue weighted by Gasteiger charge is 2.15. The number of aryl methyl sites for hydroxylation is 1. The first-order chi connectivity index (χ1) is 10.2. The Morgan fingerprint density at radius 1 is 1.29 bits per heavy atom. The monoisotopic (exact) mass is 305 g/mol. The molecule has 0 aliphatic heterocycles. The fourth-order valence-electron chi connectivity index (χ4n) is 3.06. The molecule has 1 aliphatic carbocycles. The van der Waals surface area contributed by atoms with E-state index in [0.29, 0.717) is 10.7 Å². The number of halogens is 1. The first kappa shape index (κ1) is 14.3. The molecule has 0 saturated heterocycles. The van der Waals surface area contributed by atoms with E-state index in [1.165, 1.54) is 32.1 Å². The van der Waals surface area contributed by atoms with Crippen LogP contribution in [0.5, 0.6) is 0 Å². The van der Waals surface area contributed by atoms with Gasteiger partial charge in [0.2, 0.25) is 0 Å². The number of benzene rings is 1. The molecule has 0 atom stereocenters. The van der Waals surface area contributed by atoms with E-state index in [2.05, 4.69) is 15.5 Å². The van der Waals surface area contributed by atoms with Crippen molar-refractivity contribution in [1.29, 1.82) is 0 Å². The van der Waals surface area contributed by atoms with Gasteiger partial charge in [0.05, 0.1) is 10.7 Å². The quantitative estimate of drug-likeness (QED) is 0.858. The van der Waals surface area contributed by atoms with Crippen molar-refractivity contribution in [3.63, 3.8) is 0 Å². The molecule has 2 N–H and O–H groups in total. The van der Waals surface area contributed by atoms with Gasteiger partial charge >= 0.3 is 0 Å². The Balaban J connectivity index is 1.66. The predicted octanol–water partition coefficient (Wildman–Crippen LogP) is 3.55. The van der Waals surface area contributed by atoms with Gasteiger partial charge in [-0.15, -0.1) is 5.10 Å². The second-order valence-corrected chi connectivity index (χ2v) is 6.16. The molecule has 0 bridgehead atoms. The van der Waals surface area contributed by atoms with Crippen LogP contribution < -0.4 is 5.73 Å². The van der Waals surface area contributed by atoms with Crippen LogP contribution in [0.25, 0.3) is 11.4 Å². The number of nitrogen functional groups attached to an aromatic ring is 1. The van der Waals surface area contributed by atoms with Crippen molar-refractivity contribution in [3.8, 4) is 11.4 Å². The van der Waals surface area contributed by atoms with Crippen LogP contribution in [0, 0.1) is 5.92 Å². The lowest BCUT2D eigenvalue weighted by Gasteiger charge is -2.09. The maximum atomic E-state index is 6.07. The summed E-state index contributed by atoms with van der Waals surface area (Å²) < 4.78 is 1.86. The summed E-state index contributed by atoms with van der Waals surface area (Å²) in [5.74, 6) is 1.65. The molecule has 3 rings (SSSR count). The van der Waals surface area contributed by atoms with Gasteiger partial charge in [-0.25, -0.2) is 4.68 Å². The van der Waals surface area contributed by atoms with Crippen molar-refractivity contribution < 1.29 is 0 Å². The smallest absolute Gasteiger partial charge is 0.182 e. The molecule has 1 aliphatic rings. The number of nitrogens with two attached hydrogens (primary N) is 1. The van der Waals surface area contributed by atoms with Gasteiger partial charge < -0.3 is 5.73 Å². The Morgan fingerprint density at radius 2 is 2.10 bits per heavy atom. The zero-order valence-corrected chi connectivity index (χ0v) is 12.8. The molecular formula is C15H20ClN5. The number of anilines is 1. The van der Waals surface area contributed by atoms with Crippen molar-refractivity contribution in [2.75, 3.05) is 5.73 Å². The molecule has 1 saturated carbocycles. The molecule has 6 heteroatoms. The molecule has 112 valence electrons. The Morgan fingerprint density at radius 3 is 2.86 bits per heavy atom. The van der Waals surface area contributed by atoms with Gasteiger partial charge in [-0.05, 0) is 47.4 Å². The van der Waals surface area contributed by atoms with Crippen LogP contribution in [0.15, 0.2) is 18.2 Å². The van der Waals surface area contributed by atoms with Crippen molar-refractivity contribution >= 4 is 17.3 Å². The Hall–Kier alpha value is -1.62. The SMILES string of the molecule is Nc1ccc(-c2nnnn2CCCC2CCCC2)cc1Cl. The lowest BCUT2D eigenvalue weighted by molar-refractivity contribution is 0.444. The number of nitrogens with zero attached hydrogens (tertiary/aromatic N) is 4. The third-order valence-corrected chi connectivity index (χ3v) is 4.57. The van der Waals surface area contributed by atoms with Gasteiger partial charge in [0.25, 0.3) is 0 Å². The van der Waals surface area contributed by atoms with Crippen LogP contribution in [0.3, 0.4) is 0 Å². The van der Waals surface area contributed by atoms with Crippen molar-refractivity contribution in [2.24, 2.45) is 5.92 Å². The van der Waals surface area contributed by atoms with Crippen molar-refractivity contribution in [2.45, 2.75) is 45.1 Å². The van der Waals surface area contributed by atoms with E-state index in [0.717, 1.165) is 30.3 Å². The number of hydrogen-bond donors (Lipinski definition) is 1. The van der Waals surface area contributed by atoms with E-state index in [1.54, 1.807) is 6.07 Å². The summed E-state index contributed by atoms with van der Waals surface area (Å²) in [6.45, 7) is 0.848. The van der Waals surface area contributed by atoms with E-state index in [-0.39, 0.29) is 0 Å². The van der Waals surface area contributed by atoms with Crippen LogP contribution >= 0.6 is 11.6 Å². The third-order valence-electron chi connectivity index (χ3n) is 4.25. The van der Waals surface area contributed by atoms with Crippen LogP contribution in [0.2, 0.25) is 5.02 Å². The zero-order chi connectivity index (χ0) is 14.7. The van der Waals surface area contributed by atoms with Gasteiger partial charge in [-0.1, -0.05) is 37.3 Å². The van der Waals surface area contributed by atoms with Gasteiger partial charge in [-0.2, -0.15) is 0 Å². The van der Waals surface area contributed by atoms with E-state index < -0.39 is 0 Å². The number of tetrazole rings is 1. The Labute approximate surface area is 129 Å². The highest BCUT2D eigenvalue weighted by Crippen LogP contribution is 2.29. The summed E-state index contributed by atoms with van der Waals surface area (Å²) in [5, 5.41) is 12.5. The summed E-state index contributed by atoms with van der Waals surface area (Å²) in [5.41, 5.74) is 7.21. The van der Waals surface area contributed by atoms with Gasteiger partial charge in [0.15, 0.2) is 5.82 Å². The normalized spacial score (nSPS) is 15.7. The molecule has 0 radical (unpaired) electrons. The fraction of sp³-hybridized carbons (Fsp3) is 0.533. The summed E-state index contributed by atoms with van der Waals surface area (Å²) >= 11 is 6.07. The first-order valence-corrected chi connectivity index (χ1v) is 7.93. The lowest BCUT2D eigenvalue weighted by Crippen LogP contribution is -2.05. The average molecular weight is 306 g/mol. The maximum absolute atomic E-state index is 6.07. The van der Waals surface area contributed by atoms with Crippen LogP contribution in [0.4, 0.5) is 5.69 Å². The van der Waals surface area contributed by atoms with E-state index >= 15 is 0 Å². The molecule has 1 aromatic carbocycles. The van der Waals surface area contributed by atoms with E-state index in [4.69, 9.17) is 17.3 Å². The molecule has 1 heterocycles. The van der Waals surface area contributed by atoms with Gasteiger partial charge in [0.1, 0.15) is 0 Å². The topological polar surface area (TPSA) is 69.6 Å². The lowest BCUT2D eigenvalue weighted by atomic mass is 10.0. The molecule has 0 unspecified atom stereocenters. The van der Waals surface area contributed by atoms with E-state index in [9.17, 15) is 0 Å². The van der Waals surface area contributed by atoms with Crippen molar-refractivity contribution in [3.05, 3.63) is 23.2 Å². The highest BCUT2D eigenvalue weighted by atomic mass is 35.5. The number of aromatic nitrogens is 4. The van der Waals surface area contributed by atoms with Crippen LogP contribution in [0.1, 0.15) is 38.5 Å². The third kappa shape index (κ3) is 3.35. The minimum absolute atomic E-state index is 0.535. The number of hydrogen-bond acceptors (Lipinski definition) is 4. The Kier molecular flexibility index (Phi) is 4.39. The summed E-state index contributed by atoms with van der Waals surface area (Å²) in [4.78, 5) is 0. The largest absolute Gasteiger partial charge is 0.398 e. The summed E-state index contributed by atoms with van der Waals surface area (Å²) in [7, 11) is 0. The second kappa shape index (κ2) is 6.43. The molecule has 5 nitrogen and oxygen atoms in total. The molecule has 1 fully saturated rings. The first-order valence-electron chi connectivity index (χ1n) is 7.55. The minimum Gasteiger partial charge on any atom is -0.398 e. The number of rotatable bonds is 5. The maximum Gasteiger partial charge on any atom is 0.182 e. The Bertz CT molecular complexity index is 604. The average Bonchev–Trinajstić information content (AvgIpc) is 3.13. The minimum atomic E-state index is 0.535. The molecule has 0 spiro atoms. The van der Waals surface area contributed by atoms with Gasteiger partial charge in [0, 0.05) is 12.1 Å². The molecule has 0 amide bonds. The van der Waals surface area contributed by atoms with E-state index in [1.807, 2.05) is 16.8 Å².